The molecule has 0 bridgehead atoms. The van der Waals surface area contributed by atoms with Crippen molar-refractivity contribution >= 4 is 22.7 Å². The van der Waals surface area contributed by atoms with Crippen molar-refractivity contribution < 1.29 is 0 Å². The van der Waals surface area contributed by atoms with E-state index >= 15 is 0 Å². The Hall–Kier alpha value is -5.47. The number of fused-ring (bicyclic) bond motifs is 2. The molecular formula is C48H44N2. The molecule has 2 heterocycles. The van der Waals surface area contributed by atoms with E-state index in [-0.39, 0.29) is 10.8 Å². The van der Waals surface area contributed by atoms with E-state index in [9.17, 15) is 0 Å². The van der Waals surface area contributed by atoms with Crippen LogP contribution in [0.5, 0.6) is 0 Å². The lowest BCUT2D eigenvalue weighted by Crippen LogP contribution is -2.24. The first-order chi connectivity index (χ1) is 24.3. The summed E-state index contributed by atoms with van der Waals surface area (Å²) >= 11 is 0. The van der Waals surface area contributed by atoms with Gasteiger partial charge in [-0.05, 0) is 99.2 Å². The molecule has 8 rings (SSSR count). The molecule has 246 valence electrons. The molecule has 2 nitrogen and oxygen atoms in total. The minimum atomic E-state index is -0.211. The van der Waals surface area contributed by atoms with Gasteiger partial charge in [-0.1, -0.05) is 155 Å². The molecule has 0 radical (unpaired) electrons. The Kier molecular flexibility index (Phi) is 8.11. The van der Waals surface area contributed by atoms with Crippen molar-refractivity contribution in [2.75, 3.05) is 5.32 Å². The van der Waals surface area contributed by atoms with Crippen molar-refractivity contribution in [3.8, 4) is 22.3 Å². The van der Waals surface area contributed by atoms with E-state index in [0.29, 0.717) is 0 Å². The smallest absolute Gasteiger partial charge is 0.0680 e. The number of hydrogen-bond acceptors (Lipinski definition) is 2. The first-order valence-corrected chi connectivity index (χ1v) is 17.9. The molecule has 0 saturated carbocycles. The van der Waals surface area contributed by atoms with Gasteiger partial charge in [0.15, 0.2) is 0 Å². The molecule has 3 aliphatic rings. The molecular weight excluding hydrogens is 605 g/mol. The van der Waals surface area contributed by atoms with Crippen molar-refractivity contribution in [2.24, 2.45) is 4.99 Å². The monoisotopic (exact) mass is 648 g/mol. The summed E-state index contributed by atoms with van der Waals surface area (Å²) in [5, 5.41) is 3.81. The summed E-state index contributed by atoms with van der Waals surface area (Å²) in [6, 6.07) is 45.6. The predicted octanol–water partition coefficient (Wildman–Crippen LogP) is 12.8. The largest absolute Gasteiger partial charge is 0.358 e. The van der Waals surface area contributed by atoms with Gasteiger partial charge in [0.25, 0.3) is 0 Å². The van der Waals surface area contributed by atoms with Gasteiger partial charge in [-0.15, -0.1) is 0 Å². The second kappa shape index (κ2) is 12.8. The lowest BCUT2D eigenvalue weighted by Gasteiger charge is -2.25. The first-order valence-electron chi connectivity index (χ1n) is 17.9. The lowest BCUT2D eigenvalue weighted by atomic mass is 9.77. The van der Waals surface area contributed by atoms with Gasteiger partial charge in [-0.25, -0.2) is 0 Å². The van der Waals surface area contributed by atoms with Crippen LogP contribution in [0.15, 0.2) is 174 Å². The summed E-state index contributed by atoms with van der Waals surface area (Å²) in [4.78, 5) is 5.22. The number of anilines is 1. The fraction of sp³-hybridized carbons (Fsp3) is 0.188. The highest BCUT2D eigenvalue weighted by Gasteiger charge is 2.37. The van der Waals surface area contributed by atoms with Crippen molar-refractivity contribution in [1.29, 1.82) is 0 Å². The van der Waals surface area contributed by atoms with Gasteiger partial charge < -0.3 is 5.32 Å². The van der Waals surface area contributed by atoms with Gasteiger partial charge in [0.1, 0.15) is 0 Å². The van der Waals surface area contributed by atoms with Crippen LogP contribution in [0, 0.1) is 0 Å². The summed E-state index contributed by atoms with van der Waals surface area (Å²) < 4.78 is 0. The zero-order chi connectivity index (χ0) is 34.3. The maximum absolute atomic E-state index is 5.22. The third kappa shape index (κ3) is 5.59. The van der Waals surface area contributed by atoms with Gasteiger partial charge in [-0.2, -0.15) is 0 Å². The molecule has 0 aromatic heterocycles. The minimum absolute atomic E-state index is 0.160. The van der Waals surface area contributed by atoms with Crippen molar-refractivity contribution in [3.63, 3.8) is 0 Å². The second-order valence-corrected chi connectivity index (χ2v) is 14.8. The van der Waals surface area contributed by atoms with E-state index in [1.165, 1.54) is 67.0 Å². The molecule has 0 spiro atoms. The average Bonchev–Trinajstić information content (AvgIpc) is 3.57. The zero-order valence-electron chi connectivity index (χ0n) is 29.5. The number of hydrogen-bond donors (Lipinski definition) is 1. The van der Waals surface area contributed by atoms with Crippen LogP contribution in [0.3, 0.4) is 0 Å². The minimum Gasteiger partial charge on any atom is -0.358 e. The molecule has 5 aromatic rings. The molecule has 0 amide bonds. The van der Waals surface area contributed by atoms with E-state index in [2.05, 4.69) is 185 Å². The fourth-order valence-electron chi connectivity index (χ4n) is 8.26. The van der Waals surface area contributed by atoms with Gasteiger partial charge in [0.2, 0.25) is 0 Å². The standard InChI is InChI=1S/C48H44N2/c1-47(2)42(49-40-27-15-25-38(45(40)47)33-17-8-5-9-18-33)31-29-36-23-14-24-37(44(36)35-21-12-7-13-22-35)30-32-43-48(3,4)46-39(26-16-28-41(46)50-43)34-19-10-6-11-20-34/h5-13,15-22,25-32,49H,14,23-24H2,1-4H3. The molecule has 2 aliphatic heterocycles. The molecule has 0 unspecified atom stereocenters. The quantitative estimate of drug-likeness (QED) is 0.195. The van der Waals surface area contributed by atoms with Crippen LogP contribution in [0.25, 0.3) is 27.8 Å². The Balaban J connectivity index is 1.16. The normalized spacial score (nSPS) is 19.1. The fourth-order valence-corrected chi connectivity index (χ4v) is 8.26. The summed E-state index contributed by atoms with van der Waals surface area (Å²) in [5.41, 5.74) is 17.3. The van der Waals surface area contributed by atoms with Gasteiger partial charge in [0.05, 0.1) is 11.4 Å². The van der Waals surface area contributed by atoms with Gasteiger partial charge in [0, 0.05) is 22.2 Å². The third-order valence-corrected chi connectivity index (χ3v) is 10.8. The maximum atomic E-state index is 5.22. The lowest BCUT2D eigenvalue weighted by molar-refractivity contribution is 0.655. The Bertz CT molecular complexity index is 2230. The van der Waals surface area contributed by atoms with Crippen LogP contribution < -0.4 is 5.32 Å². The average molecular weight is 649 g/mol. The Morgan fingerprint density at radius 1 is 0.560 bits per heavy atom. The van der Waals surface area contributed by atoms with Crippen LogP contribution >= 0.6 is 0 Å². The Labute approximate surface area is 297 Å². The third-order valence-electron chi connectivity index (χ3n) is 10.8. The second-order valence-electron chi connectivity index (χ2n) is 14.8. The van der Waals surface area contributed by atoms with Gasteiger partial charge in [-0.3, -0.25) is 4.99 Å². The number of nitrogens with zero attached hydrogens (tertiary/aromatic N) is 1. The molecule has 1 aliphatic carbocycles. The number of benzene rings is 5. The van der Waals surface area contributed by atoms with Gasteiger partial charge >= 0.3 is 0 Å². The molecule has 0 atom stereocenters. The predicted molar refractivity (Wildman–Crippen MR) is 213 cm³/mol. The van der Waals surface area contributed by atoms with Crippen LogP contribution in [0.1, 0.15) is 63.6 Å². The Morgan fingerprint density at radius 3 is 1.82 bits per heavy atom. The molecule has 5 aromatic carbocycles. The summed E-state index contributed by atoms with van der Waals surface area (Å²) in [6.45, 7) is 9.32. The Morgan fingerprint density at radius 2 is 1.16 bits per heavy atom. The number of aliphatic imine (C=N–C) groups is 1. The SMILES string of the molecule is CC1(C)C(C=CC2=C(c3ccccc3)C(=CC=C3Nc4cccc(-c5ccccc5)c4C3(C)C)CCC2)=Nc2cccc(-c3ccccc3)c21. The van der Waals surface area contributed by atoms with E-state index < -0.39 is 0 Å². The topological polar surface area (TPSA) is 24.4 Å². The van der Waals surface area contributed by atoms with Crippen LogP contribution in [0.2, 0.25) is 0 Å². The van der Waals surface area contributed by atoms with E-state index in [1.54, 1.807) is 0 Å². The van der Waals surface area contributed by atoms with Crippen LogP contribution in [-0.2, 0) is 10.8 Å². The number of allylic oxidation sites excluding steroid dienone is 8. The van der Waals surface area contributed by atoms with Crippen LogP contribution in [0.4, 0.5) is 11.4 Å². The number of rotatable bonds is 6. The van der Waals surface area contributed by atoms with Crippen molar-refractivity contribution in [1.82, 2.24) is 0 Å². The van der Waals surface area contributed by atoms with E-state index in [1.807, 2.05) is 0 Å². The molecule has 50 heavy (non-hydrogen) atoms. The molecule has 0 fully saturated rings. The zero-order valence-corrected chi connectivity index (χ0v) is 29.5. The van der Waals surface area contributed by atoms with Crippen molar-refractivity contribution in [3.05, 3.63) is 185 Å². The first kappa shape index (κ1) is 31.8. The number of nitrogens with one attached hydrogen (secondary N) is 1. The molecule has 2 heteroatoms. The highest BCUT2D eigenvalue weighted by atomic mass is 15.0. The van der Waals surface area contributed by atoms with Crippen LogP contribution in [-0.4, -0.2) is 5.71 Å². The summed E-state index contributed by atoms with van der Waals surface area (Å²) in [7, 11) is 0. The highest BCUT2D eigenvalue weighted by molar-refractivity contribution is 6.10. The van der Waals surface area contributed by atoms with Crippen molar-refractivity contribution in [2.45, 2.75) is 57.8 Å². The van der Waals surface area contributed by atoms with E-state index in [0.717, 1.165) is 30.7 Å². The summed E-state index contributed by atoms with van der Waals surface area (Å²) in [6.07, 6.45) is 12.6. The van der Waals surface area contributed by atoms with E-state index in [4.69, 9.17) is 4.99 Å². The molecule has 0 saturated heterocycles. The maximum Gasteiger partial charge on any atom is 0.0680 e. The molecule has 1 N–H and O–H groups in total. The highest BCUT2D eigenvalue weighted by Crippen LogP contribution is 2.49. The summed E-state index contributed by atoms with van der Waals surface area (Å²) in [5.74, 6) is 0.